The summed E-state index contributed by atoms with van der Waals surface area (Å²) in [6, 6.07) is 2.08. The number of nitriles is 1. The molecule has 0 bridgehead atoms. The molecule has 1 aromatic heterocycles. The normalized spacial score (nSPS) is 27.3. The van der Waals surface area contributed by atoms with E-state index in [1.54, 1.807) is 18.4 Å². The third kappa shape index (κ3) is 3.32. The van der Waals surface area contributed by atoms with Crippen LogP contribution in [0.2, 0.25) is 0 Å². The number of nitrogens with zero attached hydrogens (tertiary/aromatic N) is 5. The standard InChI is InChI=1S/C19H16N6S/c1-12-10-13(11-20)2-3-14(6-8-21-12)23-19-24-18(26-25-19)16-4-5-17-15(16)7-9-22-17/h2-5,8-10,14-15H,1,6-7H2,(H,23,25)/b3-2-,13-10+,21-8?. The predicted molar refractivity (Wildman–Crippen MR) is 105 cm³/mol. The Labute approximate surface area is 155 Å². The van der Waals surface area contributed by atoms with Gasteiger partial charge in [0.15, 0.2) is 0 Å². The number of rotatable bonds is 3. The minimum Gasteiger partial charge on any atom is -0.347 e. The van der Waals surface area contributed by atoms with Gasteiger partial charge in [0, 0.05) is 30.5 Å². The molecule has 1 aliphatic carbocycles. The molecule has 6 nitrogen and oxygen atoms in total. The summed E-state index contributed by atoms with van der Waals surface area (Å²) in [5.74, 6) is 0.906. The van der Waals surface area contributed by atoms with Crippen molar-refractivity contribution >= 4 is 35.5 Å². The summed E-state index contributed by atoms with van der Waals surface area (Å²) in [4.78, 5) is 13.3. The molecule has 0 amide bonds. The average molecular weight is 360 g/mol. The molecule has 26 heavy (non-hydrogen) atoms. The van der Waals surface area contributed by atoms with Gasteiger partial charge in [-0.25, -0.2) is 4.98 Å². The van der Waals surface area contributed by atoms with Gasteiger partial charge in [-0.15, -0.1) is 0 Å². The summed E-state index contributed by atoms with van der Waals surface area (Å²) < 4.78 is 4.44. The van der Waals surface area contributed by atoms with Crippen molar-refractivity contribution in [3.05, 3.63) is 58.9 Å². The quantitative estimate of drug-likeness (QED) is 0.891. The Morgan fingerprint density at radius 1 is 1.23 bits per heavy atom. The summed E-state index contributed by atoms with van der Waals surface area (Å²) in [7, 11) is 0. The molecule has 2 aliphatic heterocycles. The average Bonchev–Trinajstić information content (AvgIpc) is 3.34. The third-order valence-electron chi connectivity index (χ3n) is 4.31. The van der Waals surface area contributed by atoms with E-state index in [1.165, 1.54) is 17.1 Å². The predicted octanol–water partition coefficient (Wildman–Crippen LogP) is 3.68. The third-order valence-corrected chi connectivity index (χ3v) is 5.07. The minimum atomic E-state index is -0.0510. The summed E-state index contributed by atoms with van der Waals surface area (Å²) in [5.41, 5.74) is 3.37. The number of hydrogen-bond donors (Lipinski definition) is 1. The van der Waals surface area contributed by atoms with Gasteiger partial charge in [0.1, 0.15) is 5.01 Å². The summed E-state index contributed by atoms with van der Waals surface area (Å²) in [5, 5.41) is 13.4. The number of fused-ring (bicyclic) bond motifs is 1. The zero-order valence-corrected chi connectivity index (χ0v) is 14.8. The lowest BCUT2D eigenvalue weighted by Gasteiger charge is -2.11. The summed E-state index contributed by atoms with van der Waals surface area (Å²) in [6.45, 7) is 3.81. The van der Waals surface area contributed by atoms with Gasteiger partial charge in [0.25, 0.3) is 0 Å². The molecule has 2 unspecified atom stereocenters. The van der Waals surface area contributed by atoms with Crippen LogP contribution in [0.5, 0.6) is 0 Å². The van der Waals surface area contributed by atoms with Gasteiger partial charge < -0.3 is 5.32 Å². The topological polar surface area (TPSA) is 86.3 Å². The first-order chi connectivity index (χ1) is 12.7. The summed E-state index contributed by atoms with van der Waals surface area (Å²) in [6.07, 6.45) is 14.8. The highest BCUT2D eigenvalue weighted by Crippen LogP contribution is 2.40. The molecule has 0 saturated heterocycles. The zero-order chi connectivity index (χ0) is 17.9. The van der Waals surface area contributed by atoms with Gasteiger partial charge in [-0.3, -0.25) is 9.98 Å². The van der Waals surface area contributed by atoms with Crippen LogP contribution in [-0.4, -0.2) is 27.8 Å². The fourth-order valence-corrected chi connectivity index (χ4v) is 3.73. The number of nitrogens with one attached hydrogen (secondary N) is 1. The van der Waals surface area contributed by atoms with Crippen molar-refractivity contribution < 1.29 is 0 Å². The Morgan fingerprint density at radius 3 is 3.00 bits per heavy atom. The van der Waals surface area contributed by atoms with E-state index in [0.717, 1.165) is 17.1 Å². The molecule has 4 rings (SSSR count). The molecule has 1 N–H and O–H groups in total. The monoisotopic (exact) mass is 360 g/mol. The molecule has 1 aromatic rings. The van der Waals surface area contributed by atoms with Gasteiger partial charge in [-0.05, 0) is 41.8 Å². The lowest BCUT2D eigenvalue weighted by molar-refractivity contribution is 0.872. The minimum absolute atomic E-state index is 0.0510. The van der Waals surface area contributed by atoms with E-state index in [0.29, 0.717) is 29.6 Å². The number of anilines is 1. The number of aliphatic imine (C=N–C) groups is 2. The van der Waals surface area contributed by atoms with E-state index in [4.69, 9.17) is 5.26 Å². The number of hydrogen-bond acceptors (Lipinski definition) is 7. The van der Waals surface area contributed by atoms with Crippen molar-refractivity contribution in [2.24, 2.45) is 15.9 Å². The Bertz CT molecular complexity index is 966. The van der Waals surface area contributed by atoms with Crippen molar-refractivity contribution in [2.75, 3.05) is 5.32 Å². The lowest BCUT2D eigenvalue weighted by Crippen LogP contribution is -2.18. The molecule has 0 fully saturated rings. The van der Waals surface area contributed by atoms with E-state index in [9.17, 15) is 0 Å². The van der Waals surface area contributed by atoms with Crippen LogP contribution in [-0.2, 0) is 0 Å². The van der Waals surface area contributed by atoms with Crippen molar-refractivity contribution in [2.45, 2.75) is 18.9 Å². The second-order valence-corrected chi connectivity index (χ2v) is 6.85. The Hall–Kier alpha value is -3.11. The molecule has 0 aromatic carbocycles. The molecule has 0 radical (unpaired) electrons. The second kappa shape index (κ2) is 7.02. The van der Waals surface area contributed by atoms with Crippen molar-refractivity contribution in [1.82, 2.24) is 9.36 Å². The van der Waals surface area contributed by atoms with Crippen molar-refractivity contribution in [1.29, 1.82) is 5.26 Å². The molecule has 7 heteroatoms. The summed E-state index contributed by atoms with van der Waals surface area (Å²) >= 11 is 1.39. The largest absolute Gasteiger partial charge is 0.347 e. The van der Waals surface area contributed by atoms with Crippen molar-refractivity contribution in [3.63, 3.8) is 0 Å². The van der Waals surface area contributed by atoms with E-state index in [1.807, 2.05) is 12.3 Å². The Balaban J connectivity index is 1.48. The molecule has 0 saturated carbocycles. The first-order valence-corrected chi connectivity index (χ1v) is 9.06. The van der Waals surface area contributed by atoms with Crippen LogP contribution in [0.15, 0.2) is 63.9 Å². The van der Waals surface area contributed by atoms with Gasteiger partial charge >= 0.3 is 0 Å². The van der Waals surface area contributed by atoms with Crippen LogP contribution >= 0.6 is 11.5 Å². The lowest BCUT2D eigenvalue weighted by atomic mass is 10.00. The molecule has 3 aliphatic rings. The van der Waals surface area contributed by atoms with E-state index in [2.05, 4.69) is 49.5 Å². The van der Waals surface area contributed by atoms with Crippen LogP contribution in [0, 0.1) is 17.2 Å². The highest BCUT2D eigenvalue weighted by molar-refractivity contribution is 7.06. The molecule has 2 atom stereocenters. The van der Waals surface area contributed by atoms with Crippen LogP contribution < -0.4 is 5.32 Å². The fourth-order valence-electron chi connectivity index (χ4n) is 3.02. The maximum Gasteiger partial charge on any atom is 0.235 e. The zero-order valence-electron chi connectivity index (χ0n) is 14.0. The van der Waals surface area contributed by atoms with E-state index < -0.39 is 0 Å². The second-order valence-electron chi connectivity index (χ2n) is 6.10. The first kappa shape index (κ1) is 16.4. The Kier molecular flexibility index (Phi) is 4.42. The molecule has 3 heterocycles. The maximum atomic E-state index is 9.17. The van der Waals surface area contributed by atoms with E-state index >= 15 is 0 Å². The smallest absolute Gasteiger partial charge is 0.235 e. The molecular formula is C19H16N6S. The van der Waals surface area contributed by atoms with Gasteiger partial charge in [-0.1, -0.05) is 18.7 Å². The van der Waals surface area contributed by atoms with Crippen LogP contribution in [0.3, 0.4) is 0 Å². The maximum absolute atomic E-state index is 9.17. The molecule has 128 valence electrons. The van der Waals surface area contributed by atoms with Gasteiger partial charge in [0.05, 0.1) is 23.4 Å². The van der Waals surface area contributed by atoms with Gasteiger partial charge in [-0.2, -0.15) is 9.64 Å². The molecular weight excluding hydrogens is 344 g/mol. The number of aromatic nitrogens is 2. The van der Waals surface area contributed by atoms with Crippen LogP contribution in [0.25, 0.3) is 5.57 Å². The first-order valence-electron chi connectivity index (χ1n) is 8.29. The number of allylic oxidation sites excluding steroid dienone is 6. The highest BCUT2D eigenvalue weighted by atomic mass is 32.1. The van der Waals surface area contributed by atoms with Crippen molar-refractivity contribution in [3.8, 4) is 6.07 Å². The fraction of sp³-hybridized carbons (Fsp3) is 0.211. The molecule has 0 spiro atoms. The van der Waals surface area contributed by atoms with Crippen LogP contribution in [0.4, 0.5) is 5.95 Å². The van der Waals surface area contributed by atoms with Gasteiger partial charge in [0.2, 0.25) is 5.95 Å². The SMILES string of the molecule is C=C1/C=C(C#N)\C=C/C(Nc2nsc(C3=CC=C4N=CCC43)n2)CC=N1. The van der Waals surface area contributed by atoms with Crippen LogP contribution in [0.1, 0.15) is 17.8 Å². The Morgan fingerprint density at radius 2 is 2.12 bits per heavy atom. The highest BCUT2D eigenvalue weighted by Gasteiger charge is 2.28. The van der Waals surface area contributed by atoms with E-state index in [-0.39, 0.29) is 6.04 Å².